The number of nitrogens with zero attached hydrogens (tertiary/aromatic N) is 5. The second-order valence-electron chi connectivity index (χ2n) is 8.02. The topological polar surface area (TPSA) is 139 Å². The summed E-state index contributed by atoms with van der Waals surface area (Å²) in [7, 11) is 0. The molecule has 190 valence electrons. The first-order valence-electron chi connectivity index (χ1n) is 11.0. The number of hydrogen-bond donors (Lipinski definition) is 1. The van der Waals surface area contributed by atoms with Gasteiger partial charge in [0.15, 0.2) is 4.34 Å². The first-order chi connectivity index (χ1) is 18.3. The van der Waals surface area contributed by atoms with E-state index >= 15 is 0 Å². The van der Waals surface area contributed by atoms with Crippen LogP contribution in [-0.4, -0.2) is 36.9 Å². The minimum absolute atomic E-state index is 0.121. The summed E-state index contributed by atoms with van der Waals surface area (Å²) in [6.07, 6.45) is 2.87. The maximum absolute atomic E-state index is 13.3. The molecule has 1 fully saturated rings. The van der Waals surface area contributed by atoms with E-state index in [2.05, 4.69) is 15.2 Å². The smallest absolute Gasteiger partial charge is 0.301 e. The number of benzene rings is 2. The van der Waals surface area contributed by atoms with E-state index in [4.69, 9.17) is 11.6 Å². The molecule has 0 radical (unpaired) electrons. The summed E-state index contributed by atoms with van der Waals surface area (Å²) in [5.41, 5.74) is 1.09. The minimum Gasteiger partial charge on any atom is -0.507 e. The number of carbonyl (C=O) groups excluding carboxylic acids is 2. The number of ketones is 1. The normalized spacial score (nSPS) is 16.7. The van der Waals surface area contributed by atoms with Gasteiger partial charge in [0.1, 0.15) is 5.76 Å². The molecule has 0 saturated carbocycles. The Balaban J connectivity index is 1.56. The summed E-state index contributed by atoms with van der Waals surface area (Å²) in [6, 6.07) is 14.7. The SMILES string of the molecule is O=C1C(=O)N(c2nnc(SCc3ccc(Cl)cc3)s2)C(c2cccc([N+](=O)[O-])c2)/C1=C(\O)c1ccncc1. The van der Waals surface area contributed by atoms with Crippen molar-refractivity contribution in [2.45, 2.75) is 16.1 Å². The molecule has 1 amide bonds. The highest BCUT2D eigenvalue weighted by molar-refractivity contribution is 8.00. The van der Waals surface area contributed by atoms with Crippen molar-refractivity contribution in [2.75, 3.05) is 4.90 Å². The molecule has 3 heterocycles. The number of non-ortho nitro benzene ring substituents is 1. The molecule has 38 heavy (non-hydrogen) atoms. The number of aliphatic hydroxyl groups is 1. The molecule has 5 rings (SSSR count). The van der Waals surface area contributed by atoms with Crippen molar-refractivity contribution in [3.8, 4) is 0 Å². The third-order valence-electron chi connectivity index (χ3n) is 5.67. The molecular formula is C25H16ClN5O5S2. The molecule has 1 saturated heterocycles. The average molecular weight is 566 g/mol. The number of aromatic nitrogens is 3. The van der Waals surface area contributed by atoms with Gasteiger partial charge in [-0.05, 0) is 35.4 Å². The number of nitro groups is 1. The Bertz CT molecular complexity index is 1580. The lowest BCUT2D eigenvalue weighted by Gasteiger charge is -2.22. The third kappa shape index (κ3) is 5.01. The fourth-order valence-corrected chi connectivity index (χ4v) is 5.85. The van der Waals surface area contributed by atoms with Gasteiger partial charge >= 0.3 is 5.91 Å². The van der Waals surface area contributed by atoms with Crippen LogP contribution in [-0.2, 0) is 15.3 Å². The molecule has 13 heteroatoms. The summed E-state index contributed by atoms with van der Waals surface area (Å²) in [6.45, 7) is 0. The largest absolute Gasteiger partial charge is 0.507 e. The van der Waals surface area contributed by atoms with Gasteiger partial charge in [-0.15, -0.1) is 10.2 Å². The lowest BCUT2D eigenvalue weighted by molar-refractivity contribution is -0.384. The van der Waals surface area contributed by atoms with E-state index in [1.54, 1.807) is 18.2 Å². The van der Waals surface area contributed by atoms with Gasteiger partial charge < -0.3 is 5.11 Å². The van der Waals surface area contributed by atoms with Crippen molar-refractivity contribution in [3.63, 3.8) is 0 Å². The lowest BCUT2D eigenvalue weighted by Crippen LogP contribution is -2.29. The first-order valence-corrected chi connectivity index (χ1v) is 13.2. The van der Waals surface area contributed by atoms with Gasteiger partial charge in [-0.25, -0.2) is 0 Å². The molecule has 1 unspecified atom stereocenters. The molecule has 10 nitrogen and oxygen atoms in total. The van der Waals surface area contributed by atoms with E-state index in [1.807, 2.05) is 12.1 Å². The number of aliphatic hydroxyl groups excluding tert-OH is 1. The van der Waals surface area contributed by atoms with Crippen molar-refractivity contribution >= 4 is 63.0 Å². The van der Waals surface area contributed by atoms with E-state index in [0.717, 1.165) is 21.8 Å². The van der Waals surface area contributed by atoms with Crippen LogP contribution in [0.25, 0.3) is 5.76 Å². The third-order valence-corrected chi connectivity index (χ3v) is 8.05. The number of amides is 1. The van der Waals surface area contributed by atoms with Crippen molar-refractivity contribution in [1.82, 2.24) is 15.2 Å². The number of anilines is 1. The molecule has 1 aliphatic rings. The van der Waals surface area contributed by atoms with E-state index < -0.39 is 28.4 Å². The molecule has 1 N–H and O–H groups in total. The van der Waals surface area contributed by atoms with Gasteiger partial charge in [0, 0.05) is 40.9 Å². The van der Waals surface area contributed by atoms with Crippen LogP contribution in [0.5, 0.6) is 0 Å². The number of halogens is 1. The van der Waals surface area contributed by atoms with Gasteiger partial charge in [0.25, 0.3) is 11.5 Å². The highest BCUT2D eigenvalue weighted by atomic mass is 35.5. The molecule has 2 aromatic carbocycles. The standard InChI is InChI=1S/C25H16ClN5O5S2/c26-17-6-4-14(5-7-17)13-37-25-29-28-24(38-25)30-20(16-2-1-3-18(12-16)31(35)36)19(22(33)23(30)34)21(32)15-8-10-27-11-9-15/h1-12,20,32H,13H2/b21-19+. The van der Waals surface area contributed by atoms with Gasteiger partial charge in [0.2, 0.25) is 5.13 Å². The fraction of sp³-hybridized carbons (Fsp3) is 0.0800. The van der Waals surface area contributed by atoms with Crippen LogP contribution in [0.4, 0.5) is 10.8 Å². The Labute approximate surface area is 228 Å². The Morgan fingerprint density at radius 1 is 1.11 bits per heavy atom. The lowest BCUT2D eigenvalue weighted by atomic mass is 9.95. The molecule has 0 spiro atoms. The number of nitro benzene ring substituents is 1. The number of rotatable bonds is 7. The number of Topliss-reactive ketones (excluding diaryl/α,β-unsaturated/α-hetero) is 1. The van der Waals surface area contributed by atoms with Crippen LogP contribution in [0.2, 0.25) is 5.02 Å². The van der Waals surface area contributed by atoms with Crippen molar-refractivity contribution in [1.29, 1.82) is 0 Å². The Hall–Kier alpha value is -4.13. The van der Waals surface area contributed by atoms with Crippen LogP contribution in [0.1, 0.15) is 22.7 Å². The van der Waals surface area contributed by atoms with Crippen LogP contribution in [0.15, 0.2) is 83.0 Å². The molecule has 0 aliphatic carbocycles. The number of hydrogen-bond acceptors (Lipinski definition) is 10. The Kier molecular flexibility index (Phi) is 7.18. The Morgan fingerprint density at radius 3 is 2.55 bits per heavy atom. The van der Waals surface area contributed by atoms with E-state index in [9.17, 15) is 24.8 Å². The van der Waals surface area contributed by atoms with Crippen molar-refractivity contribution < 1.29 is 19.6 Å². The van der Waals surface area contributed by atoms with E-state index in [-0.39, 0.29) is 27.5 Å². The first kappa shape index (κ1) is 25.5. The molecule has 2 aromatic heterocycles. The predicted octanol–water partition coefficient (Wildman–Crippen LogP) is 5.41. The summed E-state index contributed by atoms with van der Waals surface area (Å²) in [5, 5.41) is 31.6. The number of carbonyl (C=O) groups is 2. The quantitative estimate of drug-likeness (QED) is 0.0592. The summed E-state index contributed by atoms with van der Waals surface area (Å²) >= 11 is 8.43. The zero-order valence-electron chi connectivity index (χ0n) is 19.2. The number of pyridine rings is 1. The minimum atomic E-state index is -1.16. The van der Waals surface area contributed by atoms with Crippen LogP contribution in [0.3, 0.4) is 0 Å². The van der Waals surface area contributed by atoms with Crippen molar-refractivity contribution in [3.05, 3.63) is 110 Å². The highest BCUT2D eigenvalue weighted by Crippen LogP contribution is 2.44. The Morgan fingerprint density at radius 2 is 1.84 bits per heavy atom. The molecule has 1 atom stereocenters. The van der Waals surface area contributed by atoms with Gasteiger partial charge in [-0.1, -0.05) is 59.0 Å². The fourth-order valence-electron chi connectivity index (χ4n) is 3.90. The zero-order valence-corrected chi connectivity index (χ0v) is 21.6. The van der Waals surface area contributed by atoms with Gasteiger partial charge in [-0.3, -0.25) is 29.6 Å². The number of thioether (sulfide) groups is 1. The van der Waals surface area contributed by atoms with Gasteiger partial charge in [-0.2, -0.15) is 0 Å². The maximum Gasteiger partial charge on any atom is 0.301 e. The molecule has 1 aliphatic heterocycles. The van der Waals surface area contributed by atoms with Crippen LogP contribution in [0, 0.1) is 10.1 Å². The molecule has 4 aromatic rings. The second kappa shape index (κ2) is 10.7. The maximum atomic E-state index is 13.3. The predicted molar refractivity (Wildman–Crippen MR) is 143 cm³/mol. The highest BCUT2D eigenvalue weighted by Gasteiger charge is 2.48. The average Bonchev–Trinajstić information content (AvgIpc) is 3.50. The summed E-state index contributed by atoms with van der Waals surface area (Å²) in [5.74, 6) is -1.73. The monoisotopic (exact) mass is 565 g/mol. The van der Waals surface area contributed by atoms with Crippen LogP contribution < -0.4 is 4.90 Å². The van der Waals surface area contributed by atoms with Gasteiger partial charge in [0.05, 0.1) is 16.5 Å². The van der Waals surface area contributed by atoms with Crippen molar-refractivity contribution in [2.24, 2.45) is 0 Å². The second-order valence-corrected chi connectivity index (χ2v) is 10.6. The molecule has 0 bridgehead atoms. The zero-order chi connectivity index (χ0) is 26.8. The van der Waals surface area contributed by atoms with E-state index in [0.29, 0.717) is 15.1 Å². The molecular weight excluding hydrogens is 550 g/mol. The van der Waals surface area contributed by atoms with Crippen LogP contribution >= 0.6 is 34.7 Å². The summed E-state index contributed by atoms with van der Waals surface area (Å²) < 4.78 is 0.545. The summed E-state index contributed by atoms with van der Waals surface area (Å²) in [4.78, 5) is 42.4. The van der Waals surface area contributed by atoms with E-state index in [1.165, 1.54) is 54.5 Å².